The quantitative estimate of drug-likeness (QED) is 0.408. The van der Waals surface area contributed by atoms with Crippen LogP contribution < -0.4 is 4.90 Å². The second-order valence-corrected chi connectivity index (χ2v) is 7.15. The van der Waals surface area contributed by atoms with E-state index in [9.17, 15) is 0 Å². The Morgan fingerprint density at radius 3 is 2.19 bits per heavy atom. The monoisotopic (exact) mass is 353 g/mol. The number of hydrogen-bond acceptors (Lipinski definition) is 3. The summed E-state index contributed by atoms with van der Waals surface area (Å²) in [4.78, 5) is 12.0. The standard InChI is InChI=1S/C23H35N3/c1-4-6-8-9-12-15-20-19-24-22(18-11-7-5-2)23(25-20)26(3)21-16-13-10-14-17-21/h10,13-14,16-17,19H,4-9,11-12,15,18H2,1-3H3. The molecule has 0 unspecified atom stereocenters. The summed E-state index contributed by atoms with van der Waals surface area (Å²) in [7, 11) is 2.10. The van der Waals surface area contributed by atoms with Crippen LogP contribution in [0.4, 0.5) is 11.5 Å². The lowest BCUT2D eigenvalue weighted by Crippen LogP contribution is -2.16. The topological polar surface area (TPSA) is 29.0 Å². The van der Waals surface area contributed by atoms with E-state index >= 15 is 0 Å². The smallest absolute Gasteiger partial charge is 0.154 e. The minimum absolute atomic E-state index is 1.00. The van der Waals surface area contributed by atoms with E-state index in [0.717, 1.165) is 30.0 Å². The second kappa shape index (κ2) is 11.7. The second-order valence-electron chi connectivity index (χ2n) is 7.15. The Labute approximate surface area is 159 Å². The number of para-hydroxylation sites is 1. The Morgan fingerprint density at radius 2 is 1.46 bits per heavy atom. The average Bonchev–Trinajstić information content (AvgIpc) is 2.69. The summed E-state index contributed by atoms with van der Waals surface area (Å²) in [6.07, 6.45) is 14.1. The highest BCUT2D eigenvalue weighted by molar-refractivity contribution is 5.60. The summed E-state index contributed by atoms with van der Waals surface area (Å²) in [6, 6.07) is 10.5. The maximum Gasteiger partial charge on any atom is 0.154 e. The van der Waals surface area contributed by atoms with Crippen LogP contribution in [0, 0.1) is 0 Å². The molecule has 0 saturated heterocycles. The van der Waals surface area contributed by atoms with E-state index < -0.39 is 0 Å². The van der Waals surface area contributed by atoms with Crippen LogP contribution in [0.2, 0.25) is 0 Å². The van der Waals surface area contributed by atoms with Crippen LogP contribution in [0.1, 0.15) is 76.6 Å². The predicted molar refractivity (Wildman–Crippen MR) is 112 cm³/mol. The average molecular weight is 354 g/mol. The molecule has 0 aliphatic rings. The predicted octanol–water partition coefficient (Wildman–Crippen LogP) is 6.49. The van der Waals surface area contributed by atoms with Gasteiger partial charge in [0, 0.05) is 18.9 Å². The molecule has 1 heterocycles. The molecule has 0 radical (unpaired) electrons. The van der Waals surface area contributed by atoms with Crippen molar-refractivity contribution in [2.24, 2.45) is 0 Å². The fourth-order valence-electron chi connectivity index (χ4n) is 3.23. The van der Waals surface area contributed by atoms with E-state index in [-0.39, 0.29) is 0 Å². The summed E-state index contributed by atoms with van der Waals surface area (Å²) >= 11 is 0. The van der Waals surface area contributed by atoms with Gasteiger partial charge in [-0.05, 0) is 37.8 Å². The lowest BCUT2D eigenvalue weighted by Gasteiger charge is -2.21. The van der Waals surface area contributed by atoms with Gasteiger partial charge in [-0.2, -0.15) is 0 Å². The van der Waals surface area contributed by atoms with Gasteiger partial charge in [0.2, 0.25) is 0 Å². The normalized spacial score (nSPS) is 10.9. The van der Waals surface area contributed by atoms with Gasteiger partial charge in [0.15, 0.2) is 5.82 Å². The highest BCUT2D eigenvalue weighted by Crippen LogP contribution is 2.25. The Bertz CT molecular complexity index is 625. The molecule has 0 N–H and O–H groups in total. The van der Waals surface area contributed by atoms with Crippen LogP contribution in [0.25, 0.3) is 0 Å². The van der Waals surface area contributed by atoms with Gasteiger partial charge >= 0.3 is 0 Å². The molecule has 0 amide bonds. The van der Waals surface area contributed by atoms with Crippen LogP contribution >= 0.6 is 0 Å². The maximum atomic E-state index is 5.01. The fourth-order valence-corrected chi connectivity index (χ4v) is 3.23. The molecule has 0 spiro atoms. The molecule has 0 aliphatic carbocycles. The summed E-state index contributed by atoms with van der Waals surface area (Å²) in [5, 5.41) is 0. The van der Waals surface area contributed by atoms with Gasteiger partial charge < -0.3 is 4.90 Å². The third kappa shape index (κ3) is 6.44. The van der Waals surface area contributed by atoms with Crippen molar-refractivity contribution in [3.05, 3.63) is 47.9 Å². The largest absolute Gasteiger partial charge is 0.328 e. The van der Waals surface area contributed by atoms with Gasteiger partial charge in [0.1, 0.15) is 0 Å². The summed E-state index contributed by atoms with van der Waals surface area (Å²) < 4.78 is 0. The minimum atomic E-state index is 1.00. The number of nitrogens with zero attached hydrogens (tertiary/aromatic N) is 3. The lowest BCUT2D eigenvalue weighted by atomic mass is 10.1. The van der Waals surface area contributed by atoms with Crippen LogP contribution in [-0.4, -0.2) is 17.0 Å². The van der Waals surface area contributed by atoms with Crippen molar-refractivity contribution >= 4 is 11.5 Å². The summed E-state index contributed by atoms with van der Waals surface area (Å²) in [6.45, 7) is 4.50. The van der Waals surface area contributed by atoms with Gasteiger partial charge in [0.05, 0.1) is 11.4 Å². The van der Waals surface area contributed by atoms with Crippen molar-refractivity contribution in [1.82, 2.24) is 9.97 Å². The van der Waals surface area contributed by atoms with Crippen molar-refractivity contribution in [2.75, 3.05) is 11.9 Å². The SMILES string of the molecule is CCCCCCCc1cnc(CCCCC)c(N(C)c2ccccc2)n1. The van der Waals surface area contributed by atoms with E-state index in [0.29, 0.717) is 0 Å². The Morgan fingerprint density at radius 1 is 0.808 bits per heavy atom. The highest BCUT2D eigenvalue weighted by atomic mass is 15.2. The zero-order chi connectivity index (χ0) is 18.6. The van der Waals surface area contributed by atoms with E-state index in [1.54, 1.807) is 0 Å². The molecule has 3 nitrogen and oxygen atoms in total. The highest BCUT2D eigenvalue weighted by Gasteiger charge is 2.13. The molecule has 1 aromatic carbocycles. The molecular formula is C23H35N3. The van der Waals surface area contributed by atoms with E-state index in [1.807, 2.05) is 6.20 Å². The lowest BCUT2D eigenvalue weighted by molar-refractivity contribution is 0.626. The van der Waals surface area contributed by atoms with E-state index in [2.05, 4.69) is 56.1 Å². The van der Waals surface area contributed by atoms with Crippen molar-refractivity contribution in [3.63, 3.8) is 0 Å². The number of rotatable bonds is 12. The van der Waals surface area contributed by atoms with Crippen molar-refractivity contribution in [3.8, 4) is 0 Å². The first kappa shape index (κ1) is 20.4. The number of unbranched alkanes of at least 4 members (excludes halogenated alkanes) is 6. The summed E-state index contributed by atoms with van der Waals surface area (Å²) in [5.41, 5.74) is 3.41. The summed E-state index contributed by atoms with van der Waals surface area (Å²) in [5.74, 6) is 1.03. The molecule has 3 heteroatoms. The molecular weight excluding hydrogens is 318 g/mol. The molecule has 2 aromatic rings. The zero-order valence-electron chi connectivity index (χ0n) is 16.9. The number of aryl methyl sites for hydroxylation is 2. The molecule has 0 fully saturated rings. The maximum absolute atomic E-state index is 5.01. The van der Waals surface area contributed by atoms with Gasteiger partial charge in [-0.3, -0.25) is 4.98 Å². The van der Waals surface area contributed by atoms with Crippen molar-refractivity contribution in [1.29, 1.82) is 0 Å². The number of benzene rings is 1. The van der Waals surface area contributed by atoms with Gasteiger partial charge in [0.25, 0.3) is 0 Å². The minimum Gasteiger partial charge on any atom is -0.328 e. The van der Waals surface area contributed by atoms with Crippen molar-refractivity contribution < 1.29 is 0 Å². The molecule has 0 aliphatic heterocycles. The molecule has 0 bridgehead atoms. The Balaban J connectivity index is 2.12. The molecule has 0 atom stereocenters. The van der Waals surface area contributed by atoms with E-state index in [4.69, 9.17) is 9.97 Å². The Kier molecular flexibility index (Phi) is 9.16. The van der Waals surface area contributed by atoms with Crippen LogP contribution in [0.3, 0.4) is 0 Å². The fraction of sp³-hybridized carbons (Fsp3) is 0.565. The Hall–Kier alpha value is -1.90. The van der Waals surface area contributed by atoms with Gasteiger partial charge in [-0.15, -0.1) is 0 Å². The van der Waals surface area contributed by atoms with Gasteiger partial charge in [-0.1, -0.05) is 70.6 Å². The number of hydrogen-bond donors (Lipinski definition) is 0. The molecule has 2 rings (SSSR count). The third-order valence-electron chi connectivity index (χ3n) is 4.89. The van der Waals surface area contributed by atoms with Crippen LogP contribution in [-0.2, 0) is 12.8 Å². The van der Waals surface area contributed by atoms with Crippen LogP contribution in [0.15, 0.2) is 36.5 Å². The first-order valence-corrected chi connectivity index (χ1v) is 10.4. The molecule has 142 valence electrons. The first-order valence-electron chi connectivity index (χ1n) is 10.4. The molecule has 0 saturated carbocycles. The van der Waals surface area contributed by atoms with E-state index in [1.165, 1.54) is 57.1 Å². The molecule has 1 aromatic heterocycles. The molecule has 26 heavy (non-hydrogen) atoms. The van der Waals surface area contributed by atoms with Gasteiger partial charge in [-0.25, -0.2) is 4.98 Å². The third-order valence-corrected chi connectivity index (χ3v) is 4.89. The first-order chi connectivity index (χ1) is 12.8. The zero-order valence-corrected chi connectivity index (χ0v) is 16.9. The van der Waals surface area contributed by atoms with Crippen molar-refractivity contribution in [2.45, 2.75) is 78.1 Å². The van der Waals surface area contributed by atoms with Crippen LogP contribution in [0.5, 0.6) is 0 Å². The number of anilines is 2. The number of aromatic nitrogens is 2.